The molecule has 0 bridgehead atoms. The van der Waals surface area contributed by atoms with Crippen LogP contribution >= 0.6 is 12.6 Å². The Morgan fingerprint density at radius 2 is 2.50 bits per heavy atom. The Hall–Kier alpha value is -1.23. The van der Waals surface area contributed by atoms with E-state index in [4.69, 9.17) is 5.11 Å². The van der Waals surface area contributed by atoms with Gasteiger partial charge < -0.3 is 10.0 Å². The van der Waals surface area contributed by atoms with Gasteiger partial charge in [0.05, 0.1) is 11.6 Å². The van der Waals surface area contributed by atoms with Crippen molar-refractivity contribution in [2.45, 2.75) is 12.2 Å². The number of hydrogen-bond acceptors (Lipinski definition) is 4. The topological polar surface area (TPSA) is 53.4 Å². The number of pyridine rings is 1. The van der Waals surface area contributed by atoms with Crippen molar-refractivity contribution in [1.82, 2.24) is 4.98 Å². The highest BCUT2D eigenvalue weighted by Gasteiger charge is 2.28. The van der Waals surface area contributed by atoms with Crippen molar-refractivity contribution in [3.63, 3.8) is 0 Å². The van der Waals surface area contributed by atoms with Crippen molar-refractivity contribution in [2.24, 2.45) is 5.92 Å². The van der Waals surface area contributed by atoms with Crippen LogP contribution in [0, 0.1) is 5.92 Å². The molecule has 0 saturated carbocycles. The molecule has 2 heterocycles. The minimum atomic E-state index is -0.703. The van der Waals surface area contributed by atoms with Crippen molar-refractivity contribution >= 4 is 24.3 Å². The third kappa shape index (κ3) is 2.29. The van der Waals surface area contributed by atoms with Gasteiger partial charge in [-0.25, -0.2) is 0 Å². The van der Waals surface area contributed by atoms with E-state index < -0.39 is 5.97 Å². The molecule has 1 fully saturated rings. The van der Waals surface area contributed by atoms with E-state index in [0.717, 1.165) is 17.9 Å². The van der Waals surface area contributed by atoms with Crippen LogP contribution in [0.15, 0.2) is 18.3 Å². The van der Waals surface area contributed by atoms with Gasteiger partial charge in [0.25, 0.3) is 0 Å². The summed E-state index contributed by atoms with van der Waals surface area (Å²) in [7, 11) is 0. The van der Waals surface area contributed by atoms with Crippen LogP contribution in [0.3, 0.4) is 0 Å². The van der Waals surface area contributed by atoms with Crippen molar-refractivity contribution in [3.05, 3.63) is 24.0 Å². The molecule has 4 nitrogen and oxygen atoms in total. The minimum absolute atomic E-state index is 0.243. The molecule has 0 radical (unpaired) electrons. The summed E-state index contributed by atoms with van der Waals surface area (Å²) in [6.07, 6.45) is 2.46. The largest absolute Gasteiger partial charge is 0.481 e. The maximum atomic E-state index is 10.9. The summed E-state index contributed by atoms with van der Waals surface area (Å²) < 4.78 is 0. The molecule has 1 aliphatic heterocycles. The number of nitrogens with zero attached hydrogens (tertiary/aromatic N) is 2. The van der Waals surface area contributed by atoms with Crippen molar-refractivity contribution in [2.75, 3.05) is 18.0 Å². The monoisotopic (exact) mass is 238 g/mol. The van der Waals surface area contributed by atoms with Gasteiger partial charge in [-0.3, -0.25) is 9.78 Å². The van der Waals surface area contributed by atoms with Gasteiger partial charge in [-0.15, -0.1) is 0 Å². The Kier molecular flexibility index (Phi) is 3.33. The summed E-state index contributed by atoms with van der Waals surface area (Å²) in [5, 5.41) is 8.93. The van der Waals surface area contributed by atoms with E-state index in [2.05, 4.69) is 22.5 Å². The van der Waals surface area contributed by atoms with Crippen LogP contribution in [0.2, 0.25) is 0 Å². The number of carboxylic acid groups (broad SMARTS) is 1. The maximum absolute atomic E-state index is 10.9. The van der Waals surface area contributed by atoms with Gasteiger partial charge >= 0.3 is 5.97 Å². The van der Waals surface area contributed by atoms with E-state index in [1.165, 1.54) is 0 Å². The molecular formula is C11H14N2O2S. The first-order valence-electron chi connectivity index (χ1n) is 5.24. The second-order valence-electron chi connectivity index (χ2n) is 3.93. The number of carboxylic acids is 1. The van der Waals surface area contributed by atoms with Gasteiger partial charge in [-0.05, 0) is 18.6 Å². The van der Waals surface area contributed by atoms with Gasteiger partial charge in [-0.2, -0.15) is 12.6 Å². The lowest BCUT2D eigenvalue weighted by Crippen LogP contribution is -2.22. The predicted molar refractivity (Wildman–Crippen MR) is 64.9 cm³/mol. The van der Waals surface area contributed by atoms with E-state index in [1.54, 1.807) is 6.20 Å². The average Bonchev–Trinajstić information content (AvgIpc) is 2.78. The van der Waals surface area contributed by atoms with Crippen LogP contribution in [-0.4, -0.2) is 29.1 Å². The number of thiol groups is 1. The zero-order valence-corrected chi connectivity index (χ0v) is 9.73. The zero-order valence-electron chi connectivity index (χ0n) is 8.83. The molecule has 86 valence electrons. The van der Waals surface area contributed by atoms with Crippen molar-refractivity contribution < 1.29 is 9.90 Å². The van der Waals surface area contributed by atoms with Gasteiger partial charge in [-0.1, -0.05) is 0 Å². The summed E-state index contributed by atoms with van der Waals surface area (Å²) in [5.41, 5.74) is 1.96. The number of anilines is 1. The minimum Gasteiger partial charge on any atom is -0.481 e. The second kappa shape index (κ2) is 4.74. The molecule has 0 spiro atoms. The quantitative estimate of drug-likeness (QED) is 0.782. The lowest BCUT2D eigenvalue weighted by Gasteiger charge is -2.18. The molecule has 0 aliphatic carbocycles. The van der Waals surface area contributed by atoms with Crippen molar-refractivity contribution in [1.29, 1.82) is 0 Å². The highest BCUT2D eigenvalue weighted by molar-refractivity contribution is 7.79. The molecule has 1 aliphatic rings. The molecule has 1 aromatic rings. The molecule has 5 heteroatoms. The van der Waals surface area contributed by atoms with Crippen LogP contribution in [0.5, 0.6) is 0 Å². The third-order valence-electron chi connectivity index (χ3n) is 2.86. The Morgan fingerprint density at radius 3 is 3.12 bits per heavy atom. The molecule has 0 aromatic carbocycles. The average molecular weight is 238 g/mol. The smallest absolute Gasteiger partial charge is 0.308 e. The molecule has 1 N–H and O–H groups in total. The van der Waals surface area contributed by atoms with E-state index in [1.807, 2.05) is 12.1 Å². The fourth-order valence-electron chi connectivity index (χ4n) is 1.94. The molecule has 1 saturated heterocycles. The SMILES string of the molecule is O=C(O)[C@@H]1CCN(c2ccnc(CS)c2)C1. The lowest BCUT2D eigenvalue weighted by molar-refractivity contribution is -0.140. The van der Waals surface area contributed by atoms with E-state index in [-0.39, 0.29) is 5.92 Å². The number of carbonyl (C=O) groups is 1. The van der Waals surface area contributed by atoms with E-state index >= 15 is 0 Å². The summed E-state index contributed by atoms with van der Waals surface area (Å²) in [4.78, 5) is 17.1. The fraction of sp³-hybridized carbons (Fsp3) is 0.455. The van der Waals surface area contributed by atoms with Crippen LogP contribution in [0.4, 0.5) is 5.69 Å². The molecule has 1 atom stereocenters. The summed E-state index contributed by atoms with van der Waals surface area (Å²) >= 11 is 4.18. The van der Waals surface area contributed by atoms with Crippen molar-refractivity contribution in [3.8, 4) is 0 Å². The van der Waals surface area contributed by atoms with Crippen LogP contribution in [0.25, 0.3) is 0 Å². The first kappa shape index (κ1) is 11.3. The normalized spacial score (nSPS) is 20.1. The molecule has 16 heavy (non-hydrogen) atoms. The van der Waals surface area contributed by atoms with Gasteiger partial charge in [0.2, 0.25) is 0 Å². The zero-order chi connectivity index (χ0) is 11.5. The van der Waals surface area contributed by atoms with Gasteiger partial charge in [0.15, 0.2) is 0 Å². The van der Waals surface area contributed by atoms with Crippen LogP contribution < -0.4 is 4.90 Å². The highest BCUT2D eigenvalue weighted by Crippen LogP contribution is 2.24. The van der Waals surface area contributed by atoms with E-state index in [0.29, 0.717) is 18.7 Å². The Labute approximate surface area is 99.7 Å². The summed E-state index contributed by atoms with van der Waals surface area (Å²) in [6, 6.07) is 3.88. The molecule has 2 rings (SSSR count). The molecular weight excluding hydrogens is 224 g/mol. The molecule has 1 aromatic heterocycles. The van der Waals surface area contributed by atoms with Gasteiger partial charge in [0.1, 0.15) is 0 Å². The van der Waals surface area contributed by atoms with Gasteiger partial charge in [0, 0.05) is 30.7 Å². The predicted octanol–water partition coefficient (Wildman–Crippen LogP) is 1.42. The van der Waals surface area contributed by atoms with Crippen LogP contribution in [0.1, 0.15) is 12.1 Å². The van der Waals surface area contributed by atoms with Crippen LogP contribution in [-0.2, 0) is 10.5 Å². The Balaban J connectivity index is 2.11. The number of aliphatic carboxylic acids is 1. The standard InChI is InChI=1S/C11H14N2O2S/c14-11(15)8-2-4-13(6-8)10-1-3-12-9(5-10)7-16/h1,3,5,8,16H,2,4,6-7H2,(H,14,15)/t8-/m1/s1. The number of aromatic nitrogens is 1. The maximum Gasteiger partial charge on any atom is 0.308 e. The van der Waals surface area contributed by atoms with E-state index in [9.17, 15) is 4.79 Å². The number of rotatable bonds is 3. The Morgan fingerprint density at radius 1 is 1.69 bits per heavy atom. The first-order valence-corrected chi connectivity index (χ1v) is 5.87. The first-order chi connectivity index (χ1) is 7.70. The second-order valence-corrected chi connectivity index (χ2v) is 4.25. The fourth-order valence-corrected chi connectivity index (χ4v) is 2.12. The molecule has 0 unspecified atom stereocenters. The number of hydrogen-bond donors (Lipinski definition) is 2. The summed E-state index contributed by atoms with van der Waals surface area (Å²) in [5.74, 6) is -0.345. The highest BCUT2D eigenvalue weighted by atomic mass is 32.1. The third-order valence-corrected chi connectivity index (χ3v) is 3.19. The summed E-state index contributed by atoms with van der Waals surface area (Å²) in [6.45, 7) is 1.39. The lowest BCUT2D eigenvalue weighted by atomic mass is 10.1. The molecule has 0 amide bonds. The Bertz CT molecular complexity index is 397.